The van der Waals surface area contributed by atoms with Gasteiger partial charge in [-0.3, -0.25) is 0 Å². The number of hydrogen-bond acceptors (Lipinski definition) is 0. The van der Waals surface area contributed by atoms with Gasteiger partial charge in [0.15, 0.2) is 0 Å². The van der Waals surface area contributed by atoms with Crippen LogP contribution in [0.1, 0.15) is 72.1 Å². The second kappa shape index (κ2) is 9.09. The summed E-state index contributed by atoms with van der Waals surface area (Å²) < 4.78 is 0. The van der Waals surface area contributed by atoms with Crippen LogP contribution in [0.25, 0.3) is 0 Å². The van der Waals surface area contributed by atoms with Crippen LogP contribution in [0.3, 0.4) is 0 Å². The molecule has 0 aliphatic heterocycles. The summed E-state index contributed by atoms with van der Waals surface area (Å²) in [6.45, 7) is 6.96. The minimum Gasteiger partial charge on any atom is -0.0654 e. The van der Waals surface area contributed by atoms with E-state index in [-0.39, 0.29) is 0 Å². The summed E-state index contributed by atoms with van der Waals surface area (Å²) >= 11 is 0. The summed E-state index contributed by atoms with van der Waals surface area (Å²) in [5, 5.41) is 0. The summed E-state index contributed by atoms with van der Waals surface area (Å²) in [6, 6.07) is 0. The van der Waals surface area contributed by atoms with Crippen molar-refractivity contribution in [2.75, 3.05) is 0 Å². The highest BCUT2D eigenvalue weighted by molar-refractivity contribution is 4.53. The molecule has 0 saturated heterocycles. The topological polar surface area (TPSA) is 0 Å². The lowest BCUT2D eigenvalue weighted by atomic mass is 9.97. The fourth-order valence-corrected chi connectivity index (χ4v) is 1.62. The molecule has 0 aliphatic rings. The molecule has 74 valence electrons. The normalized spacial score (nSPS) is 13.2. The molecular weight excluding hydrogens is 144 g/mol. The van der Waals surface area contributed by atoms with Crippen molar-refractivity contribution in [3.8, 4) is 0 Å². The highest BCUT2D eigenvalue weighted by Crippen LogP contribution is 2.15. The Morgan fingerprint density at radius 3 is 1.92 bits per heavy atom. The Labute approximate surface area is 78.8 Å². The number of unbranched alkanes of at least 4 members (excludes halogenated alkanes) is 4. The quantitative estimate of drug-likeness (QED) is 0.460. The zero-order valence-corrected chi connectivity index (χ0v) is 9.23. The summed E-state index contributed by atoms with van der Waals surface area (Å²) in [5.74, 6) is 0.974. The maximum absolute atomic E-state index is 2.40. The zero-order valence-electron chi connectivity index (χ0n) is 9.23. The fraction of sp³-hybridized carbons (Fsp3) is 1.00. The van der Waals surface area contributed by atoms with Crippen LogP contribution in [-0.2, 0) is 0 Å². The first-order valence-electron chi connectivity index (χ1n) is 5.81. The first kappa shape index (κ1) is 12.0. The summed E-state index contributed by atoms with van der Waals surface area (Å²) in [6.07, 6.45) is 11.4. The number of rotatable bonds is 8. The molecule has 0 aliphatic carbocycles. The molecule has 0 aromatic carbocycles. The lowest BCUT2D eigenvalue weighted by Gasteiger charge is -2.09. The first-order valence-corrected chi connectivity index (χ1v) is 5.81. The predicted octanol–water partition coefficient (Wildman–Crippen LogP) is 4.78. The summed E-state index contributed by atoms with van der Waals surface area (Å²) in [7, 11) is 0. The Bertz CT molecular complexity index is 76.1. The molecule has 0 amide bonds. The first-order chi connectivity index (χ1) is 5.81. The van der Waals surface area contributed by atoms with Crippen LogP contribution in [0, 0.1) is 5.92 Å². The molecule has 12 heavy (non-hydrogen) atoms. The molecule has 0 saturated carbocycles. The highest BCUT2D eigenvalue weighted by atomic mass is 14.1. The van der Waals surface area contributed by atoms with Crippen molar-refractivity contribution in [1.82, 2.24) is 0 Å². The third kappa shape index (κ3) is 8.10. The van der Waals surface area contributed by atoms with E-state index in [4.69, 9.17) is 0 Å². The highest BCUT2D eigenvalue weighted by Gasteiger charge is 2.00. The van der Waals surface area contributed by atoms with Crippen molar-refractivity contribution in [2.24, 2.45) is 5.92 Å². The van der Waals surface area contributed by atoms with Gasteiger partial charge >= 0.3 is 0 Å². The molecule has 0 fully saturated rings. The van der Waals surface area contributed by atoms with Crippen molar-refractivity contribution in [3.05, 3.63) is 0 Å². The molecule has 0 radical (unpaired) electrons. The van der Waals surface area contributed by atoms with Gasteiger partial charge in [-0.05, 0) is 5.92 Å². The largest absolute Gasteiger partial charge is 0.0654 e. The molecule has 0 bridgehead atoms. The SMILES string of the molecule is CCCCCC[C@H](C)CCCC. The Hall–Kier alpha value is 0. The molecule has 1 atom stereocenters. The average molecular weight is 170 g/mol. The monoisotopic (exact) mass is 170 g/mol. The van der Waals surface area contributed by atoms with Crippen molar-refractivity contribution < 1.29 is 0 Å². The van der Waals surface area contributed by atoms with Crippen LogP contribution in [0.15, 0.2) is 0 Å². The fourth-order valence-electron chi connectivity index (χ4n) is 1.62. The molecule has 0 heterocycles. The minimum atomic E-state index is 0.974. The maximum Gasteiger partial charge on any atom is -0.0443 e. The molecule has 0 unspecified atom stereocenters. The van der Waals surface area contributed by atoms with Gasteiger partial charge in [-0.15, -0.1) is 0 Å². The molecule has 0 N–H and O–H groups in total. The van der Waals surface area contributed by atoms with Gasteiger partial charge in [0, 0.05) is 0 Å². The molecule has 0 rings (SSSR count). The van der Waals surface area contributed by atoms with Crippen molar-refractivity contribution in [1.29, 1.82) is 0 Å². The summed E-state index contributed by atoms with van der Waals surface area (Å²) in [5.41, 5.74) is 0. The Kier molecular flexibility index (Phi) is 9.09. The second-order valence-electron chi connectivity index (χ2n) is 4.10. The molecular formula is C12H26. The van der Waals surface area contributed by atoms with Crippen molar-refractivity contribution in [3.63, 3.8) is 0 Å². The minimum absolute atomic E-state index is 0.974. The van der Waals surface area contributed by atoms with Crippen LogP contribution in [0.5, 0.6) is 0 Å². The number of hydrogen-bond donors (Lipinski definition) is 0. The molecule has 0 heteroatoms. The van der Waals surface area contributed by atoms with Crippen LogP contribution >= 0.6 is 0 Å². The van der Waals surface area contributed by atoms with Gasteiger partial charge in [-0.1, -0.05) is 72.1 Å². The standard InChI is InChI=1S/C12H26/c1-4-6-8-9-11-12(3)10-7-5-2/h12H,4-11H2,1-3H3/t12-/m1/s1. The Morgan fingerprint density at radius 1 is 0.750 bits per heavy atom. The third-order valence-electron chi connectivity index (χ3n) is 2.60. The van der Waals surface area contributed by atoms with Crippen LogP contribution in [0.4, 0.5) is 0 Å². The van der Waals surface area contributed by atoms with E-state index in [9.17, 15) is 0 Å². The van der Waals surface area contributed by atoms with Crippen LogP contribution in [0.2, 0.25) is 0 Å². The van der Waals surface area contributed by atoms with Crippen LogP contribution in [-0.4, -0.2) is 0 Å². The van der Waals surface area contributed by atoms with E-state index in [0.29, 0.717) is 0 Å². The van der Waals surface area contributed by atoms with Crippen molar-refractivity contribution >= 4 is 0 Å². The van der Waals surface area contributed by atoms with Gasteiger partial charge in [0.25, 0.3) is 0 Å². The van der Waals surface area contributed by atoms with Gasteiger partial charge in [-0.2, -0.15) is 0 Å². The van der Waals surface area contributed by atoms with Crippen molar-refractivity contribution in [2.45, 2.75) is 72.1 Å². The predicted molar refractivity (Wildman–Crippen MR) is 57.4 cm³/mol. The maximum atomic E-state index is 2.40. The van der Waals surface area contributed by atoms with E-state index < -0.39 is 0 Å². The van der Waals surface area contributed by atoms with E-state index in [1.807, 2.05) is 0 Å². The molecule has 0 aromatic rings. The molecule has 0 spiro atoms. The smallest absolute Gasteiger partial charge is 0.0443 e. The zero-order chi connectivity index (χ0) is 9.23. The average Bonchev–Trinajstić information content (AvgIpc) is 2.09. The molecule has 0 nitrogen and oxygen atoms in total. The lowest BCUT2D eigenvalue weighted by molar-refractivity contribution is 0.445. The van der Waals surface area contributed by atoms with E-state index >= 15 is 0 Å². The van der Waals surface area contributed by atoms with E-state index in [1.54, 1.807) is 0 Å². The van der Waals surface area contributed by atoms with Gasteiger partial charge in [0.05, 0.1) is 0 Å². The Balaban J connectivity index is 3.02. The van der Waals surface area contributed by atoms with Gasteiger partial charge in [-0.25, -0.2) is 0 Å². The van der Waals surface area contributed by atoms with E-state index in [2.05, 4.69) is 20.8 Å². The third-order valence-corrected chi connectivity index (χ3v) is 2.60. The van der Waals surface area contributed by atoms with Gasteiger partial charge in [0.2, 0.25) is 0 Å². The lowest BCUT2D eigenvalue weighted by Crippen LogP contribution is -1.94. The van der Waals surface area contributed by atoms with E-state index in [1.165, 1.54) is 51.4 Å². The second-order valence-corrected chi connectivity index (χ2v) is 4.10. The molecule has 0 aromatic heterocycles. The van der Waals surface area contributed by atoms with E-state index in [0.717, 1.165) is 5.92 Å². The summed E-state index contributed by atoms with van der Waals surface area (Å²) in [4.78, 5) is 0. The Morgan fingerprint density at radius 2 is 1.33 bits per heavy atom. The van der Waals surface area contributed by atoms with Gasteiger partial charge < -0.3 is 0 Å². The van der Waals surface area contributed by atoms with Gasteiger partial charge in [0.1, 0.15) is 0 Å². The van der Waals surface area contributed by atoms with Crippen LogP contribution < -0.4 is 0 Å².